The van der Waals surface area contributed by atoms with Crippen LogP contribution in [-0.4, -0.2) is 19.2 Å². The Morgan fingerprint density at radius 1 is 1.50 bits per heavy atom. The van der Waals surface area contributed by atoms with Gasteiger partial charge in [-0.05, 0) is 6.42 Å². The second-order valence-corrected chi connectivity index (χ2v) is 2.30. The maximum Gasteiger partial charge on any atom is 1.00 e. The van der Waals surface area contributed by atoms with Crippen molar-refractivity contribution in [1.82, 2.24) is 0 Å². The molecule has 6 heteroatoms. The van der Waals surface area contributed by atoms with Crippen molar-refractivity contribution in [2.24, 2.45) is 0 Å². The van der Waals surface area contributed by atoms with Crippen LogP contribution in [-0.2, 0) is 15.1 Å². The third-order valence-corrected chi connectivity index (χ3v) is 1.65. The molecular weight excluding hydrogens is 165 g/mol. The van der Waals surface area contributed by atoms with Crippen LogP contribution in [0.4, 0.5) is 0 Å². The smallest absolute Gasteiger partial charge is 0.663 e. The van der Waals surface area contributed by atoms with E-state index >= 15 is 0 Å². The van der Waals surface area contributed by atoms with Gasteiger partial charge < -0.3 is 10.5 Å². The zero-order valence-corrected chi connectivity index (χ0v) is 8.66. The maximum absolute atomic E-state index is 10.1. The molecule has 1 N–H and O–H groups in total. The van der Waals surface area contributed by atoms with Gasteiger partial charge in [0.15, 0.2) is 0 Å². The van der Waals surface area contributed by atoms with Crippen molar-refractivity contribution >= 4 is 21.1 Å². The van der Waals surface area contributed by atoms with Crippen LogP contribution in [0.1, 0.15) is 13.3 Å². The van der Waals surface area contributed by atoms with Gasteiger partial charge in [-0.3, -0.25) is 0 Å². The fourth-order valence-corrected chi connectivity index (χ4v) is 0.741. The number of hydrogen-bond acceptors (Lipinski definition) is 3. The van der Waals surface area contributed by atoms with Gasteiger partial charge in [-0.25, -0.2) is 0 Å². The Labute approximate surface area is 82.6 Å². The van der Waals surface area contributed by atoms with Crippen LogP contribution in [0.25, 0.3) is 5.73 Å². The Bertz CT molecular complexity index is 235. The number of rotatable bonds is 2. The maximum atomic E-state index is 10.1. The molecule has 52 valence electrons. The van der Waals surface area contributed by atoms with Crippen molar-refractivity contribution < 1.29 is 42.8 Å². The SMILES string of the molecule is CCC(C([NH-])=O)=S(=O)=O.[Na+]. The number of amides is 1. The zero-order valence-electron chi connectivity index (χ0n) is 5.84. The van der Waals surface area contributed by atoms with E-state index in [-0.39, 0.29) is 40.8 Å². The topological polar surface area (TPSA) is 75.0 Å². The molecule has 0 saturated carbocycles. The summed E-state index contributed by atoms with van der Waals surface area (Å²) < 4.78 is 20.0. The van der Waals surface area contributed by atoms with Crippen LogP contribution in [0.3, 0.4) is 0 Å². The van der Waals surface area contributed by atoms with Crippen molar-refractivity contribution in [3.8, 4) is 0 Å². The largest absolute Gasteiger partial charge is 1.00 e. The van der Waals surface area contributed by atoms with E-state index < -0.39 is 16.2 Å². The predicted molar refractivity (Wildman–Crippen MR) is 33.5 cm³/mol. The third-order valence-electron chi connectivity index (χ3n) is 0.776. The molecule has 0 aromatic carbocycles. The Morgan fingerprint density at radius 3 is 1.90 bits per heavy atom. The van der Waals surface area contributed by atoms with Gasteiger partial charge in [0.2, 0.25) is 10.3 Å². The van der Waals surface area contributed by atoms with Crippen LogP contribution in [0.15, 0.2) is 0 Å². The first-order valence-corrected chi connectivity index (χ1v) is 3.38. The average Bonchev–Trinajstić information content (AvgIpc) is 1.64. The van der Waals surface area contributed by atoms with Crippen molar-refractivity contribution in [3.05, 3.63) is 5.73 Å². The second kappa shape index (κ2) is 5.91. The van der Waals surface area contributed by atoms with E-state index in [4.69, 9.17) is 5.73 Å². The Morgan fingerprint density at radius 2 is 1.90 bits per heavy atom. The van der Waals surface area contributed by atoms with Crippen LogP contribution in [0.5, 0.6) is 0 Å². The Hall–Kier alpha value is 0.160. The van der Waals surface area contributed by atoms with Gasteiger partial charge in [-0.1, -0.05) is 6.92 Å². The van der Waals surface area contributed by atoms with Gasteiger partial charge in [0.1, 0.15) is 0 Å². The molecule has 10 heavy (non-hydrogen) atoms. The molecule has 0 aliphatic rings. The molecule has 0 bridgehead atoms. The summed E-state index contributed by atoms with van der Waals surface area (Å²) in [5.41, 5.74) is 6.40. The quantitative estimate of drug-likeness (QED) is 0.329. The first kappa shape index (κ1) is 12.8. The molecule has 0 atom stereocenters. The molecule has 4 nitrogen and oxygen atoms in total. The Balaban J connectivity index is 0. The molecular formula is C4H6NNaO3S. The van der Waals surface area contributed by atoms with E-state index in [2.05, 4.69) is 0 Å². The normalized spacial score (nSPS) is 7.70. The monoisotopic (exact) mass is 171 g/mol. The van der Waals surface area contributed by atoms with Gasteiger partial charge >= 0.3 is 29.6 Å². The van der Waals surface area contributed by atoms with Crippen molar-refractivity contribution in [2.75, 3.05) is 0 Å². The molecule has 0 saturated heterocycles. The van der Waals surface area contributed by atoms with E-state index in [1.54, 1.807) is 0 Å². The van der Waals surface area contributed by atoms with E-state index in [1.807, 2.05) is 0 Å². The summed E-state index contributed by atoms with van der Waals surface area (Å²) in [6.45, 7) is 1.51. The molecule has 0 aromatic rings. The standard InChI is InChI=1S/C4H7NO3S.Na/c1-2-3(4(5)6)9(7)8;/h2H2,1H3,(H2,5,6);/q;+1/p-1. The van der Waals surface area contributed by atoms with Gasteiger partial charge in [-0.2, -0.15) is 8.42 Å². The molecule has 0 aliphatic carbocycles. The van der Waals surface area contributed by atoms with Crippen LogP contribution in [0, 0.1) is 0 Å². The summed E-state index contributed by atoms with van der Waals surface area (Å²) in [5.74, 6) is -1.12. The van der Waals surface area contributed by atoms with E-state index in [0.29, 0.717) is 0 Å². The molecule has 0 rings (SSSR count). The van der Waals surface area contributed by atoms with Gasteiger partial charge in [0, 0.05) is 0 Å². The van der Waals surface area contributed by atoms with Gasteiger partial charge in [-0.15, -0.1) is 0 Å². The first-order valence-electron chi connectivity index (χ1n) is 2.30. The molecule has 0 fully saturated rings. The van der Waals surface area contributed by atoms with Crippen LogP contribution in [0.2, 0.25) is 0 Å². The summed E-state index contributed by atoms with van der Waals surface area (Å²) in [5, 5.41) is 0. The number of nitrogens with one attached hydrogen (secondary N) is 1. The molecule has 0 heterocycles. The summed E-state index contributed by atoms with van der Waals surface area (Å²) in [4.78, 5) is 9.69. The molecule has 0 unspecified atom stereocenters. The number of hydrogen-bond donors (Lipinski definition) is 0. The molecule has 0 radical (unpaired) electrons. The van der Waals surface area contributed by atoms with Gasteiger partial charge in [0.25, 0.3) is 0 Å². The summed E-state index contributed by atoms with van der Waals surface area (Å²) in [6.07, 6.45) is 0.0957. The zero-order chi connectivity index (χ0) is 7.44. The Kier molecular flexibility index (Phi) is 7.56. The third kappa shape index (κ3) is 4.05. The summed E-state index contributed by atoms with van der Waals surface area (Å²) in [7, 11) is -2.50. The van der Waals surface area contributed by atoms with E-state index in [0.717, 1.165) is 0 Å². The fourth-order valence-electron chi connectivity index (χ4n) is 0.354. The first-order chi connectivity index (χ1) is 4.09. The fraction of sp³-hybridized carbons (Fsp3) is 0.500. The van der Waals surface area contributed by atoms with E-state index in [1.165, 1.54) is 6.92 Å². The van der Waals surface area contributed by atoms with Crippen LogP contribution < -0.4 is 29.6 Å². The number of carbonyl (C=O) groups excluding carboxylic acids is 1. The second-order valence-electron chi connectivity index (χ2n) is 1.34. The summed E-state index contributed by atoms with van der Waals surface area (Å²) >= 11 is 0. The van der Waals surface area contributed by atoms with Crippen molar-refractivity contribution in [1.29, 1.82) is 0 Å². The number of carbonyl (C=O) groups is 1. The summed E-state index contributed by atoms with van der Waals surface area (Å²) in [6, 6.07) is 0. The predicted octanol–water partition coefficient (Wildman–Crippen LogP) is -2.97. The minimum Gasteiger partial charge on any atom is -0.663 e. The minimum absolute atomic E-state index is 0. The molecule has 0 aromatic heterocycles. The van der Waals surface area contributed by atoms with Gasteiger partial charge in [0.05, 0.1) is 10.8 Å². The van der Waals surface area contributed by atoms with Crippen molar-refractivity contribution in [2.45, 2.75) is 13.3 Å². The minimum atomic E-state index is -2.50. The molecule has 0 spiro atoms. The molecule has 1 amide bonds. The average molecular weight is 171 g/mol. The molecule has 0 aliphatic heterocycles. The van der Waals surface area contributed by atoms with Crippen LogP contribution >= 0.6 is 0 Å². The van der Waals surface area contributed by atoms with Crippen molar-refractivity contribution in [3.63, 3.8) is 0 Å². The van der Waals surface area contributed by atoms with E-state index in [9.17, 15) is 13.2 Å².